The van der Waals surface area contributed by atoms with Crippen LogP contribution in [0.1, 0.15) is 251 Å². The van der Waals surface area contributed by atoms with Crippen LogP contribution in [0.5, 0.6) is 0 Å². The maximum absolute atomic E-state index is 12.9. The smallest absolute Gasteiger partial charge is 0.393 e. The minimum Gasteiger partial charge on any atom is -0.393 e. The quantitative estimate of drug-likeness (QED) is 0.0158. The third-order valence-electron chi connectivity index (χ3n) is 13.4. The Hall–Kier alpha value is -0.960. The predicted molar refractivity (Wildman–Crippen MR) is 266 cm³/mol. The van der Waals surface area contributed by atoms with Gasteiger partial charge in [-0.15, -0.1) is 0 Å². The Morgan fingerprint density at radius 3 is 1.26 bits per heavy atom. The summed E-state index contributed by atoms with van der Waals surface area (Å²) in [5.41, 5.74) is 0. The Balaban J connectivity index is 2.04. The molecule has 1 fully saturated rings. The van der Waals surface area contributed by atoms with Crippen molar-refractivity contribution in [1.82, 2.24) is 5.32 Å². The number of phosphoric acid groups is 1. The van der Waals surface area contributed by atoms with Crippen LogP contribution in [0.25, 0.3) is 0 Å². The summed E-state index contributed by atoms with van der Waals surface area (Å²) in [6, 6.07) is -1.15. The van der Waals surface area contributed by atoms with Crippen molar-refractivity contribution in [2.45, 2.75) is 306 Å². The van der Waals surface area contributed by atoms with E-state index in [1.807, 2.05) is 6.92 Å². The van der Waals surface area contributed by atoms with E-state index in [1.165, 1.54) is 173 Å². The van der Waals surface area contributed by atoms with Gasteiger partial charge in [0.15, 0.2) is 0 Å². The standard InChI is InChI=1S/C52H102NO12P/c1-3-5-7-8-9-10-11-12-13-14-15-16-17-18-19-20-21-22-23-24-25-26-27-28-29-30-31-32-33-34-35-36-38-39-43(54)41-46(56)53-44(45(55)40-37-6-4-2)42-64-66(62,63)65-52-50(60)48(58)47(57)49(59)51(52)61/h20-21,43-45,47-52,54-55,57-61H,3-19,22-42H2,1-2H3,(H,53,56)(H,62,63)/b21-20-. The van der Waals surface area contributed by atoms with Crippen molar-refractivity contribution in [3.63, 3.8) is 0 Å². The highest BCUT2D eigenvalue weighted by Gasteiger charge is 2.51. The number of rotatable bonds is 46. The second-order valence-electron chi connectivity index (χ2n) is 19.6. The SMILES string of the molecule is CCCCCCCCCCCCCCCC/C=C\CCCCCCCCCCCCCCCCCC(O)CC(=O)NC(COP(=O)(O)OC1C(O)C(O)C(O)C(O)C1O)C(O)CCCCC. The normalized spacial score (nSPS) is 22.4. The molecule has 0 radical (unpaired) electrons. The Kier molecular flexibility index (Phi) is 39.9. The van der Waals surface area contributed by atoms with Gasteiger partial charge in [-0.05, 0) is 38.5 Å². The van der Waals surface area contributed by atoms with Gasteiger partial charge in [0.25, 0.3) is 0 Å². The molecule has 1 aliphatic rings. The van der Waals surface area contributed by atoms with Crippen LogP contribution >= 0.6 is 7.82 Å². The summed E-state index contributed by atoms with van der Waals surface area (Å²) in [6.45, 7) is 3.59. The summed E-state index contributed by atoms with van der Waals surface area (Å²) >= 11 is 0. The number of unbranched alkanes of at least 4 members (excludes halogenated alkanes) is 31. The van der Waals surface area contributed by atoms with Crippen LogP contribution < -0.4 is 5.32 Å². The molecule has 8 atom stereocenters. The molecule has 0 saturated heterocycles. The minimum atomic E-state index is -5.09. The Labute approximate surface area is 401 Å². The highest BCUT2D eigenvalue weighted by atomic mass is 31.2. The molecule has 1 amide bonds. The lowest BCUT2D eigenvalue weighted by molar-refractivity contribution is -0.220. The monoisotopic (exact) mass is 964 g/mol. The first-order chi connectivity index (χ1) is 31.8. The van der Waals surface area contributed by atoms with Crippen LogP contribution in [0.4, 0.5) is 0 Å². The molecular formula is C52H102NO12P. The molecule has 13 nitrogen and oxygen atoms in total. The van der Waals surface area contributed by atoms with Crippen LogP contribution in [-0.2, 0) is 18.4 Å². The lowest BCUT2D eigenvalue weighted by Gasteiger charge is -2.41. The molecule has 14 heteroatoms. The van der Waals surface area contributed by atoms with Gasteiger partial charge < -0.3 is 46.0 Å². The van der Waals surface area contributed by atoms with E-state index in [2.05, 4.69) is 24.4 Å². The molecule has 1 rings (SSSR count). The fourth-order valence-electron chi connectivity index (χ4n) is 8.95. The van der Waals surface area contributed by atoms with E-state index in [0.717, 1.165) is 38.5 Å². The average Bonchev–Trinajstić information content (AvgIpc) is 3.29. The first kappa shape index (κ1) is 63.1. The van der Waals surface area contributed by atoms with Gasteiger partial charge in [0, 0.05) is 0 Å². The van der Waals surface area contributed by atoms with Gasteiger partial charge in [0.1, 0.15) is 36.6 Å². The number of hydrogen-bond acceptors (Lipinski definition) is 11. The fraction of sp³-hybridized carbons (Fsp3) is 0.942. The molecule has 8 unspecified atom stereocenters. The Morgan fingerprint density at radius 1 is 0.515 bits per heavy atom. The van der Waals surface area contributed by atoms with Gasteiger partial charge in [0.2, 0.25) is 5.91 Å². The molecule has 392 valence electrons. The van der Waals surface area contributed by atoms with Crippen LogP contribution in [0.3, 0.4) is 0 Å². The average molecular weight is 964 g/mol. The fourth-order valence-corrected chi connectivity index (χ4v) is 9.92. The third-order valence-corrected chi connectivity index (χ3v) is 14.4. The van der Waals surface area contributed by atoms with E-state index in [-0.39, 0.29) is 12.8 Å². The van der Waals surface area contributed by atoms with Crippen molar-refractivity contribution >= 4 is 13.7 Å². The number of carbonyl (C=O) groups excluding carboxylic acids is 1. The van der Waals surface area contributed by atoms with E-state index in [1.54, 1.807) is 0 Å². The molecule has 0 spiro atoms. The lowest BCUT2D eigenvalue weighted by Crippen LogP contribution is -2.64. The van der Waals surface area contributed by atoms with Gasteiger partial charge in [-0.25, -0.2) is 4.57 Å². The number of aliphatic hydroxyl groups is 7. The number of allylic oxidation sites excluding steroid dienone is 2. The number of amides is 1. The zero-order valence-corrected chi connectivity index (χ0v) is 42.8. The molecule has 0 bridgehead atoms. The van der Waals surface area contributed by atoms with E-state index < -0.39 is 75.2 Å². The Bertz CT molecular complexity index is 1180. The molecule has 0 aliphatic heterocycles. The molecule has 0 heterocycles. The topological polar surface area (TPSA) is 226 Å². The lowest BCUT2D eigenvalue weighted by atomic mass is 9.85. The van der Waals surface area contributed by atoms with Crippen molar-refractivity contribution in [1.29, 1.82) is 0 Å². The van der Waals surface area contributed by atoms with E-state index in [0.29, 0.717) is 12.8 Å². The van der Waals surface area contributed by atoms with E-state index in [9.17, 15) is 50.0 Å². The number of aliphatic hydroxyl groups excluding tert-OH is 7. The van der Waals surface area contributed by atoms with Crippen molar-refractivity contribution in [2.75, 3.05) is 6.61 Å². The summed E-state index contributed by atoms with van der Waals surface area (Å²) in [7, 11) is -5.09. The number of carbonyl (C=O) groups is 1. The zero-order chi connectivity index (χ0) is 48.7. The van der Waals surface area contributed by atoms with Crippen LogP contribution in [-0.4, -0.2) is 108 Å². The van der Waals surface area contributed by atoms with Gasteiger partial charge in [-0.3, -0.25) is 13.8 Å². The van der Waals surface area contributed by atoms with Crippen molar-refractivity contribution < 1.29 is 59.0 Å². The van der Waals surface area contributed by atoms with Gasteiger partial charge >= 0.3 is 7.82 Å². The maximum Gasteiger partial charge on any atom is 0.472 e. The number of nitrogens with one attached hydrogen (secondary N) is 1. The van der Waals surface area contributed by atoms with Crippen molar-refractivity contribution in [3.05, 3.63) is 12.2 Å². The van der Waals surface area contributed by atoms with Gasteiger partial charge in [-0.2, -0.15) is 0 Å². The van der Waals surface area contributed by atoms with Gasteiger partial charge in [-0.1, -0.05) is 219 Å². The Morgan fingerprint density at radius 2 is 0.848 bits per heavy atom. The molecule has 0 aromatic rings. The molecule has 9 N–H and O–H groups in total. The summed E-state index contributed by atoms with van der Waals surface area (Å²) in [4.78, 5) is 23.2. The minimum absolute atomic E-state index is 0.221. The highest BCUT2D eigenvalue weighted by molar-refractivity contribution is 7.47. The van der Waals surface area contributed by atoms with Crippen LogP contribution in [0, 0.1) is 0 Å². The van der Waals surface area contributed by atoms with E-state index in [4.69, 9.17) is 9.05 Å². The molecule has 0 aromatic heterocycles. The van der Waals surface area contributed by atoms with Crippen molar-refractivity contribution in [2.24, 2.45) is 0 Å². The highest BCUT2D eigenvalue weighted by Crippen LogP contribution is 2.47. The van der Waals surface area contributed by atoms with Crippen molar-refractivity contribution in [3.8, 4) is 0 Å². The molecule has 66 heavy (non-hydrogen) atoms. The largest absolute Gasteiger partial charge is 0.472 e. The molecule has 0 aromatic carbocycles. The van der Waals surface area contributed by atoms with E-state index >= 15 is 0 Å². The summed E-state index contributed by atoms with van der Waals surface area (Å²) in [5.74, 6) is -0.568. The summed E-state index contributed by atoms with van der Waals surface area (Å²) in [5, 5.41) is 73.9. The second kappa shape index (κ2) is 41.8. The third kappa shape index (κ3) is 32.8. The number of hydrogen-bond donors (Lipinski definition) is 9. The molecule has 1 aliphatic carbocycles. The van der Waals surface area contributed by atoms with Crippen LogP contribution in [0.2, 0.25) is 0 Å². The molecular weight excluding hydrogens is 862 g/mol. The first-order valence-electron chi connectivity index (χ1n) is 27.2. The number of phosphoric ester groups is 1. The van der Waals surface area contributed by atoms with Crippen LogP contribution in [0.15, 0.2) is 12.2 Å². The van der Waals surface area contributed by atoms with Gasteiger partial charge in [0.05, 0.1) is 31.3 Å². The predicted octanol–water partition coefficient (Wildman–Crippen LogP) is 10.5. The zero-order valence-electron chi connectivity index (χ0n) is 41.9. The first-order valence-corrected chi connectivity index (χ1v) is 28.7. The summed E-state index contributed by atoms with van der Waals surface area (Å²) in [6.07, 6.45) is 34.5. The molecule has 1 saturated carbocycles. The maximum atomic E-state index is 12.9. The summed E-state index contributed by atoms with van der Waals surface area (Å²) < 4.78 is 22.6. The second-order valence-corrected chi connectivity index (χ2v) is 21.0.